The molecule has 0 radical (unpaired) electrons. The molecule has 1 unspecified atom stereocenters. The highest BCUT2D eigenvalue weighted by molar-refractivity contribution is 9.10. The van der Waals surface area contributed by atoms with Crippen molar-refractivity contribution in [2.24, 2.45) is 0 Å². The molecule has 0 aromatic heterocycles. The van der Waals surface area contributed by atoms with E-state index in [9.17, 15) is 14.4 Å². The first-order chi connectivity index (χ1) is 16.8. The van der Waals surface area contributed by atoms with Crippen molar-refractivity contribution in [1.82, 2.24) is 5.32 Å². The van der Waals surface area contributed by atoms with Gasteiger partial charge in [-0.2, -0.15) is 0 Å². The molecule has 35 heavy (non-hydrogen) atoms. The average molecular weight is 537 g/mol. The Labute approximate surface area is 211 Å². The van der Waals surface area contributed by atoms with Gasteiger partial charge in [-0.05, 0) is 69.7 Å². The van der Waals surface area contributed by atoms with Gasteiger partial charge in [0.15, 0.2) is 0 Å². The van der Waals surface area contributed by atoms with Crippen molar-refractivity contribution in [1.29, 1.82) is 0 Å². The number of fused-ring (bicyclic) bond motifs is 3. The Hall–Kier alpha value is -3.65. The monoisotopic (exact) mass is 536 g/mol. The molecule has 2 amide bonds. The fourth-order valence-corrected chi connectivity index (χ4v) is 4.70. The van der Waals surface area contributed by atoms with Crippen LogP contribution in [-0.4, -0.2) is 35.7 Å². The number of benzene rings is 3. The van der Waals surface area contributed by atoms with Crippen LogP contribution in [0.2, 0.25) is 0 Å². The van der Waals surface area contributed by atoms with E-state index in [4.69, 9.17) is 9.84 Å². The van der Waals surface area contributed by atoms with Gasteiger partial charge in [0, 0.05) is 28.4 Å². The summed E-state index contributed by atoms with van der Waals surface area (Å²) >= 11 is 3.39. The van der Waals surface area contributed by atoms with E-state index in [1.807, 2.05) is 24.3 Å². The van der Waals surface area contributed by atoms with Gasteiger partial charge >= 0.3 is 12.1 Å². The molecule has 1 aliphatic rings. The van der Waals surface area contributed by atoms with Crippen molar-refractivity contribution in [3.8, 4) is 11.1 Å². The lowest BCUT2D eigenvalue weighted by Gasteiger charge is -2.16. The Morgan fingerprint density at radius 2 is 1.63 bits per heavy atom. The van der Waals surface area contributed by atoms with Crippen molar-refractivity contribution < 1.29 is 24.2 Å². The highest BCUT2D eigenvalue weighted by Crippen LogP contribution is 2.44. The number of amides is 2. The number of ether oxygens (including phenoxy) is 1. The molecule has 3 aromatic rings. The van der Waals surface area contributed by atoms with Crippen LogP contribution in [0.15, 0.2) is 71.2 Å². The predicted molar refractivity (Wildman–Crippen MR) is 137 cm³/mol. The number of nitrogens with one attached hydrogen (secondary N) is 2. The van der Waals surface area contributed by atoms with Crippen LogP contribution in [0.4, 0.5) is 10.5 Å². The zero-order valence-corrected chi connectivity index (χ0v) is 20.7. The van der Waals surface area contributed by atoms with Crippen LogP contribution in [0.25, 0.3) is 11.1 Å². The SMILES string of the molecule is CC(CCC(=O)O)NC(=O)c1ccc(NC(=O)OCC2c3ccccc3-c3ccccc32)c(Br)c1. The summed E-state index contributed by atoms with van der Waals surface area (Å²) in [5.74, 6) is -1.26. The maximum Gasteiger partial charge on any atom is 0.411 e. The number of anilines is 1. The number of carboxylic acids is 1. The Bertz CT molecular complexity index is 1230. The van der Waals surface area contributed by atoms with E-state index < -0.39 is 12.1 Å². The molecule has 1 aliphatic carbocycles. The first-order valence-electron chi connectivity index (χ1n) is 11.3. The number of aliphatic carboxylic acids is 1. The Kier molecular flexibility index (Phi) is 7.51. The topological polar surface area (TPSA) is 105 Å². The number of rotatable bonds is 8. The van der Waals surface area contributed by atoms with E-state index in [0.717, 1.165) is 22.3 Å². The van der Waals surface area contributed by atoms with Crippen LogP contribution in [0.1, 0.15) is 47.2 Å². The van der Waals surface area contributed by atoms with Gasteiger partial charge in [0.25, 0.3) is 5.91 Å². The quantitative estimate of drug-likeness (QED) is 0.337. The average Bonchev–Trinajstić information content (AvgIpc) is 3.16. The van der Waals surface area contributed by atoms with Gasteiger partial charge in [0.2, 0.25) is 0 Å². The maximum atomic E-state index is 12.6. The molecule has 180 valence electrons. The van der Waals surface area contributed by atoms with E-state index >= 15 is 0 Å². The van der Waals surface area contributed by atoms with Crippen LogP contribution in [0.5, 0.6) is 0 Å². The van der Waals surface area contributed by atoms with Crippen molar-refractivity contribution in [3.63, 3.8) is 0 Å². The largest absolute Gasteiger partial charge is 0.481 e. The predicted octanol–water partition coefficient (Wildman–Crippen LogP) is 5.79. The Balaban J connectivity index is 1.36. The van der Waals surface area contributed by atoms with Gasteiger partial charge < -0.3 is 15.2 Å². The highest BCUT2D eigenvalue weighted by atomic mass is 79.9. The Morgan fingerprint density at radius 3 is 2.23 bits per heavy atom. The summed E-state index contributed by atoms with van der Waals surface area (Å²) in [7, 11) is 0. The summed E-state index contributed by atoms with van der Waals surface area (Å²) in [6.07, 6.45) is -0.273. The molecule has 0 heterocycles. The number of carbonyl (C=O) groups excluding carboxylic acids is 2. The van der Waals surface area contributed by atoms with Crippen LogP contribution in [0.3, 0.4) is 0 Å². The van der Waals surface area contributed by atoms with Crippen molar-refractivity contribution in [2.75, 3.05) is 11.9 Å². The van der Waals surface area contributed by atoms with Gasteiger partial charge in [0.05, 0.1) is 5.69 Å². The zero-order valence-electron chi connectivity index (χ0n) is 19.1. The molecule has 0 fully saturated rings. The minimum Gasteiger partial charge on any atom is -0.481 e. The molecule has 0 saturated heterocycles. The molecule has 8 heteroatoms. The third-order valence-corrected chi connectivity index (χ3v) is 6.64. The number of carbonyl (C=O) groups is 3. The molecule has 0 bridgehead atoms. The zero-order chi connectivity index (χ0) is 24.9. The fraction of sp³-hybridized carbons (Fsp3) is 0.222. The molecule has 3 aromatic carbocycles. The van der Waals surface area contributed by atoms with Crippen molar-refractivity contribution >= 4 is 39.6 Å². The van der Waals surface area contributed by atoms with E-state index in [2.05, 4.69) is 50.8 Å². The van der Waals surface area contributed by atoms with Crippen molar-refractivity contribution in [2.45, 2.75) is 31.7 Å². The summed E-state index contributed by atoms with van der Waals surface area (Å²) in [6, 6.07) is 20.8. The lowest BCUT2D eigenvalue weighted by molar-refractivity contribution is -0.137. The van der Waals surface area contributed by atoms with E-state index in [1.165, 1.54) is 0 Å². The molecular weight excluding hydrogens is 512 g/mol. The number of hydrogen-bond acceptors (Lipinski definition) is 4. The van der Waals surface area contributed by atoms with Crippen LogP contribution >= 0.6 is 15.9 Å². The fourth-order valence-electron chi connectivity index (χ4n) is 4.22. The molecule has 4 rings (SSSR count). The number of hydrogen-bond donors (Lipinski definition) is 3. The van der Waals surface area contributed by atoms with E-state index in [-0.39, 0.29) is 30.9 Å². The first kappa shape index (κ1) is 24.5. The molecule has 1 atom stereocenters. The minimum absolute atomic E-state index is 0.0197. The smallest absolute Gasteiger partial charge is 0.411 e. The summed E-state index contributed by atoms with van der Waals surface area (Å²) in [5, 5.41) is 14.3. The highest BCUT2D eigenvalue weighted by Gasteiger charge is 2.29. The standard InChI is InChI=1S/C27H25BrN2O5/c1-16(10-13-25(31)32)29-26(33)17-11-12-24(23(28)14-17)30-27(34)35-15-22-20-8-4-2-6-18(20)19-7-3-5-9-21(19)22/h2-9,11-12,14,16,22H,10,13,15H2,1H3,(H,29,33)(H,30,34)(H,31,32). The maximum absolute atomic E-state index is 12.6. The van der Waals surface area contributed by atoms with Gasteiger partial charge in [-0.25, -0.2) is 4.79 Å². The van der Waals surface area contributed by atoms with Gasteiger partial charge in [-0.1, -0.05) is 48.5 Å². The van der Waals surface area contributed by atoms with Crippen LogP contribution in [-0.2, 0) is 9.53 Å². The van der Waals surface area contributed by atoms with Crippen LogP contribution < -0.4 is 10.6 Å². The second-order valence-electron chi connectivity index (χ2n) is 8.45. The Morgan fingerprint density at radius 1 is 1.00 bits per heavy atom. The first-order valence-corrected chi connectivity index (χ1v) is 12.1. The molecule has 0 aliphatic heterocycles. The number of halogens is 1. The normalized spacial score (nSPS) is 12.9. The van der Waals surface area contributed by atoms with Gasteiger partial charge in [-0.15, -0.1) is 0 Å². The third-order valence-electron chi connectivity index (χ3n) is 5.98. The van der Waals surface area contributed by atoms with Crippen molar-refractivity contribution in [3.05, 3.63) is 87.9 Å². The second-order valence-corrected chi connectivity index (χ2v) is 9.31. The number of carboxylic acid groups (broad SMARTS) is 1. The summed E-state index contributed by atoms with van der Waals surface area (Å²) in [6.45, 7) is 1.95. The van der Waals surface area contributed by atoms with Crippen LogP contribution in [0, 0.1) is 0 Å². The molecule has 7 nitrogen and oxygen atoms in total. The summed E-state index contributed by atoms with van der Waals surface area (Å²) in [4.78, 5) is 35.7. The lowest BCUT2D eigenvalue weighted by atomic mass is 9.98. The molecule has 3 N–H and O–H groups in total. The molecular formula is C27H25BrN2O5. The van der Waals surface area contributed by atoms with Gasteiger partial charge in [-0.3, -0.25) is 14.9 Å². The lowest BCUT2D eigenvalue weighted by Crippen LogP contribution is -2.33. The minimum atomic E-state index is -0.905. The summed E-state index contributed by atoms with van der Waals surface area (Å²) in [5.41, 5.74) is 5.44. The van der Waals surface area contributed by atoms with Gasteiger partial charge in [0.1, 0.15) is 6.61 Å². The summed E-state index contributed by atoms with van der Waals surface area (Å²) < 4.78 is 6.10. The van der Waals surface area contributed by atoms with E-state index in [0.29, 0.717) is 22.1 Å². The second kappa shape index (κ2) is 10.7. The molecule has 0 saturated carbocycles. The third kappa shape index (κ3) is 5.71. The van der Waals surface area contributed by atoms with E-state index in [1.54, 1.807) is 25.1 Å². The molecule has 0 spiro atoms.